The SMILES string of the molecule is CC(C)N1NC(C(=O)N2CCOC3(CCN(Cc4cc(CCNC[C@H](OC(=O)C(F)(F)F)c5ccc(OC(=O)C(F)(F)F)c6[nH]c(=O)sc56)ccc4Cl)CC3)C2)=CS1. The summed E-state index contributed by atoms with van der Waals surface area (Å²) in [6.45, 7) is 7.26. The minimum atomic E-state index is -5.37. The second-order valence-corrected chi connectivity index (χ2v) is 16.5. The molecule has 0 bridgehead atoms. The van der Waals surface area contributed by atoms with Crippen LogP contribution in [0.25, 0.3) is 10.2 Å². The number of hydrogen-bond acceptors (Lipinski definition) is 13. The van der Waals surface area contributed by atoms with Crippen LogP contribution in [0.5, 0.6) is 5.75 Å². The van der Waals surface area contributed by atoms with Crippen molar-refractivity contribution in [2.75, 3.05) is 45.9 Å². The lowest BCUT2D eigenvalue weighted by atomic mass is 9.89. The molecule has 22 heteroatoms. The Morgan fingerprint density at radius 1 is 1.03 bits per heavy atom. The Kier molecular flexibility index (Phi) is 13.4. The summed E-state index contributed by atoms with van der Waals surface area (Å²) in [5, 5.41) is 5.33. The minimum absolute atomic E-state index is 0.0567. The molecule has 1 atom stereocenters. The topological polar surface area (TPSA) is 146 Å². The predicted molar refractivity (Wildman–Crippen MR) is 203 cm³/mol. The van der Waals surface area contributed by atoms with Gasteiger partial charge in [0.1, 0.15) is 17.3 Å². The van der Waals surface area contributed by atoms with Crippen molar-refractivity contribution in [2.45, 2.75) is 69.8 Å². The van der Waals surface area contributed by atoms with E-state index in [4.69, 9.17) is 21.1 Å². The molecule has 3 N–H and O–H groups in total. The number of carbonyl (C=O) groups excluding carboxylic acids is 3. The molecule has 0 radical (unpaired) electrons. The monoisotopic (exact) mass is 880 g/mol. The van der Waals surface area contributed by atoms with Gasteiger partial charge in [-0.1, -0.05) is 35.1 Å². The Morgan fingerprint density at radius 3 is 2.43 bits per heavy atom. The highest BCUT2D eigenvalue weighted by Crippen LogP contribution is 2.36. The molecule has 0 aliphatic carbocycles. The largest absolute Gasteiger partial charge is 0.491 e. The Labute approximate surface area is 341 Å². The third-order valence-electron chi connectivity index (χ3n) is 9.77. The first-order valence-corrected chi connectivity index (χ1v) is 20.1. The van der Waals surface area contributed by atoms with Crippen molar-refractivity contribution in [3.8, 4) is 5.75 Å². The summed E-state index contributed by atoms with van der Waals surface area (Å²) in [4.78, 5) is 54.4. The Balaban J connectivity index is 1.06. The number of nitrogens with one attached hydrogen (secondary N) is 3. The number of morpholine rings is 1. The second-order valence-electron chi connectivity index (χ2n) is 14.2. The Morgan fingerprint density at radius 2 is 1.76 bits per heavy atom. The Hall–Kier alpha value is -3.86. The van der Waals surface area contributed by atoms with Crippen LogP contribution in [0, 0.1) is 0 Å². The number of aromatic amines is 1. The third-order valence-corrected chi connectivity index (χ3v) is 12.2. The van der Waals surface area contributed by atoms with E-state index in [1.807, 2.05) is 34.6 Å². The van der Waals surface area contributed by atoms with E-state index >= 15 is 0 Å². The maximum atomic E-state index is 13.3. The normalized spacial score (nSPS) is 18.4. The van der Waals surface area contributed by atoms with Gasteiger partial charge in [0.25, 0.3) is 5.91 Å². The van der Waals surface area contributed by atoms with E-state index in [1.165, 1.54) is 11.9 Å². The lowest BCUT2D eigenvalue weighted by Gasteiger charge is -2.47. The van der Waals surface area contributed by atoms with E-state index in [-0.39, 0.29) is 40.8 Å². The van der Waals surface area contributed by atoms with E-state index in [2.05, 4.69) is 25.4 Å². The van der Waals surface area contributed by atoms with E-state index in [1.54, 1.807) is 12.1 Å². The van der Waals surface area contributed by atoms with Crippen molar-refractivity contribution in [3.05, 3.63) is 72.8 Å². The number of amides is 1. The number of fused-ring (bicyclic) bond motifs is 1. The zero-order valence-electron chi connectivity index (χ0n) is 31.1. The number of H-pyrrole nitrogens is 1. The van der Waals surface area contributed by atoms with Crippen molar-refractivity contribution in [1.82, 2.24) is 29.9 Å². The highest BCUT2D eigenvalue weighted by Gasteiger charge is 2.44. The van der Waals surface area contributed by atoms with Gasteiger partial charge in [-0.15, -0.1) is 0 Å². The average molecular weight is 881 g/mol. The van der Waals surface area contributed by atoms with E-state index in [0.717, 1.165) is 23.3 Å². The molecule has 316 valence electrons. The highest BCUT2D eigenvalue weighted by atomic mass is 35.5. The van der Waals surface area contributed by atoms with Gasteiger partial charge in [0.05, 0.1) is 23.5 Å². The number of piperidine rings is 1. The molecule has 13 nitrogen and oxygen atoms in total. The van der Waals surface area contributed by atoms with Crippen LogP contribution >= 0.6 is 34.9 Å². The van der Waals surface area contributed by atoms with E-state index < -0.39 is 46.6 Å². The molecule has 3 aliphatic rings. The number of hydrogen-bond donors (Lipinski definition) is 3. The third kappa shape index (κ3) is 10.5. The van der Waals surface area contributed by atoms with Gasteiger partial charge in [0.2, 0.25) is 0 Å². The zero-order chi connectivity index (χ0) is 42.0. The molecule has 3 aromatic rings. The maximum Gasteiger partial charge on any atom is 0.491 e. The van der Waals surface area contributed by atoms with Crippen molar-refractivity contribution in [2.24, 2.45) is 0 Å². The Bertz CT molecular complexity index is 2100. The van der Waals surface area contributed by atoms with Crippen LogP contribution in [0.2, 0.25) is 5.02 Å². The number of thiazole rings is 1. The van der Waals surface area contributed by atoms with Gasteiger partial charge >= 0.3 is 29.2 Å². The molecule has 0 unspecified atom stereocenters. The van der Waals surface area contributed by atoms with Crippen molar-refractivity contribution < 1.29 is 54.9 Å². The molecule has 4 heterocycles. The van der Waals surface area contributed by atoms with Crippen LogP contribution in [0.1, 0.15) is 49.5 Å². The number of esters is 2. The smallest absolute Gasteiger partial charge is 0.449 e. The summed E-state index contributed by atoms with van der Waals surface area (Å²) >= 11 is 8.48. The van der Waals surface area contributed by atoms with Gasteiger partial charge in [-0.05, 0) is 80.9 Å². The fourth-order valence-electron chi connectivity index (χ4n) is 6.79. The number of benzene rings is 2. The predicted octanol–water partition coefficient (Wildman–Crippen LogP) is 5.60. The van der Waals surface area contributed by atoms with Gasteiger partial charge in [0.15, 0.2) is 5.75 Å². The van der Waals surface area contributed by atoms with Crippen molar-refractivity contribution in [1.29, 1.82) is 0 Å². The lowest BCUT2D eigenvalue weighted by molar-refractivity contribution is -0.205. The highest BCUT2D eigenvalue weighted by molar-refractivity contribution is 8.00. The molecule has 1 spiro atoms. The number of nitrogens with zero attached hydrogens (tertiary/aromatic N) is 3. The van der Waals surface area contributed by atoms with E-state index in [9.17, 15) is 45.5 Å². The fourth-order valence-corrected chi connectivity index (χ4v) is 8.64. The molecule has 3 aliphatic heterocycles. The molecule has 2 fully saturated rings. The minimum Gasteiger partial charge on any atom is -0.449 e. The van der Waals surface area contributed by atoms with Gasteiger partial charge in [-0.3, -0.25) is 14.5 Å². The molecular formula is C36H39ClF6N6O7S2. The summed E-state index contributed by atoms with van der Waals surface area (Å²) in [5.41, 5.74) is 4.46. The molecule has 6 rings (SSSR count). The summed E-state index contributed by atoms with van der Waals surface area (Å²) in [7, 11) is 0. The summed E-state index contributed by atoms with van der Waals surface area (Å²) in [6, 6.07) is 7.57. The van der Waals surface area contributed by atoms with E-state index in [0.29, 0.717) is 80.6 Å². The summed E-state index contributed by atoms with van der Waals surface area (Å²) in [6.07, 6.45) is -10.6. The van der Waals surface area contributed by atoms with Crippen LogP contribution in [0.15, 0.2) is 46.2 Å². The summed E-state index contributed by atoms with van der Waals surface area (Å²) < 4.78 is 95.6. The molecule has 0 saturated carbocycles. The standard InChI is InChI=1S/C36H39ClF6N6O7S2/c1-20(2)49-46-25(18-57-49)30(50)48-13-14-54-34(19-48)8-11-47(12-9-34)17-22-15-21(3-5-24(22)37)7-10-44-16-27(56-32(52)36(41,42)43)23-4-6-26(55-31(51)35(38,39)40)28-29(23)58-33(53)45-28/h3-6,15,18,20,27,44,46H,7-14,16-17,19H2,1-2H3,(H,45,53)/t27-/m0/s1. The number of likely N-dealkylation sites (tertiary alicyclic amines) is 1. The molecule has 2 saturated heterocycles. The number of hydrazine groups is 1. The fraction of sp³-hybridized carbons (Fsp3) is 0.500. The van der Waals surface area contributed by atoms with Crippen molar-refractivity contribution in [3.63, 3.8) is 0 Å². The second kappa shape index (κ2) is 17.8. The molecule has 58 heavy (non-hydrogen) atoms. The zero-order valence-corrected chi connectivity index (χ0v) is 33.4. The van der Waals surface area contributed by atoms with Gasteiger partial charge in [-0.25, -0.2) is 9.59 Å². The summed E-state index contributed by atoms with van der Waals surface area (Å²) in [5.74, 6) is -5.84. The number of alkyl halides is 6. The first kappa shape index (κ1) is 43.7. The van der Waals surface area contributed by atoms with Crippen LogP contribution in [-0.4, -0.2) is 107 Å². The first-order chi connectivity index (χ1) is 27.3. The molecular weight excluding hydrogens is 842 g/mol. The number of ether oxygens (including phenoxy) is 3. The first-order valence-electron chi connectivity index (χ1n) is 18.1. The molecule has 1 amide bonds. The number of rotatable bonds is 12. The lowest BCUT2D eigenvalue weighted by Crippen LogP contribution is -2.58. The van der Waals surface area contributed by atoms with Gasteiger partial charge in [-0.2, -0.15) is 30.8 Å². The van der Waals surface area contributed by atoms with Crippen LogP contribution in [0.4, 0.5) is 26.3 Å². The van der Waals surface area contributed by atoms with Gasteiger partial charge < -0.3 is 34.8 Å². The van der Waals surface area contributed by atoms with Crippen LogP contribution in [-0.2, 0) is 36.8 Å². The molecule has 2 aromatic carbocycles. The average Bonchev–Trinajstić information content (AvgIpc) is 3.82. The quantitative estimate of drug-likeness (QED) is 0.0685. The van der Waals surface area contributed by atoms with Crippen LogP contribution < -0.4 is 20.4 Å². The van der Waals surface area contributed by atoms with Crippen molar-refractivity contribution >= 4 is 62.9 Å². The van der Waals surface area contributed by atoms with Gasteiger partial charge in [0, 0.05) is 54.8 Å². The maximum absolute atomic E-state index is 13.3. The molecule has 1 aromatic heterocycles. The number of aromatic nitrogens is 1. The number of carbonyl (C=O) groups is 3. The number of halogens is 7. The van der Waals surface area contributed by atoms with Crippen LogP contribution in [0.3, 0.4) is 0 Å².